The number of allylic oxidation sites excluding steroid dienone is 6. The van der Waals surface area contributed by atoms with Gasteiger partial charge in [0.05, 0.1) is 11.1 Å². The summed E-state index contributed by atoms with van der Waals surface area (Å²) in [6, 6.07) is 3.84. The van der Waals surface area contributed by atoms with E-state index in [4.69, 9.17) is 0 Å². The van der Waals surface area contributed by atoms with Gasteiger partial charge < -0.3 is 0 Å². The topological polar surface area (TPSA) is 0 Å². The summed E-state index contributed by atoms with van der Waals surface area (Å²) in [6.07, 6.45) is -4.64. The summed E-state index contributed by atoms with van der Waals surface area (Å²) < 4.78 is 78.1. The van der Waals surface area contributed by atoms with E-state index < -0.39 is 23.5 Å². The van der Waals surface area contributed by atoms with Crippen LogP contribution in [0.4, 0.5) is 26.3 Å². The zero-order valence-electron chi connectivity index (χ0n) is 13.1. The van der Waals surface area contributed by atoms with Gasteiger partial charge in [0.2, 0.25) is 0 Å². The Morgan fingerprint density at radius 1 is 0.958 bits per heavy atom. The van der Waals surface area contributed by atoms with E-state index in [0.717, 1.165) is 12.1 Å². The molecule has 1 aromatic carbocycles. The van der Waals surface area contributed by atoms with Crippen molar-refractivity contribution in [2.24, 2.45) is 0 Å². The van der Waals surface area contributed by atoms with Crippen LogP contribution in [0.3, 0.4) is 0 Å². The average Bonchev–Trinajstić information content (AvgIpc) is 2.61. The number of hydrogen-bond acceptors (Lipinski definition) is 0. The Kier molecular flexibility index (Phi) is 4.97. The van der Waals surface area contributed by atoms with Crippen molar-refractivity contribution in [3.63, 3.8) is 0 Å². The van der Waals surface area contributed by atoms with Gasteiger partial charge in [-0.15, -0.1) is 0 Å². The van der Waals surface area contributed by atoms with Crippen LogP contribution in [0.15, 0.2) is 53.1 Å². The Hall–Kier alpha value is -1.98. The molecular weight excluding hydrogens is 330 g/mol. The van der Waals surface area contributed by atoms with E-state index >= 15 is 0 Å². The highest BCUT2D eigenvalue weighted by molar-refractivity contribution is 5.43. The fraction of sp³-hybridized carbons (Fsp3) is 0.333. The number of aryl methyl sites for hydroxylation is 1. The van der Waals surface area contributed by atoms with Crippen molar-refractivity contribution >= 4 is 0 Å². The molecule has 0 unspecified atom stereocenters. The zero-order valence-corrected chi connectivity index (χ0v) is 13.1. The third kappa shape index (κ3) is 4.30. The predicted molar refractivity (Wildman–Crippen MR) is 80.5 cm³/mol. The molecule has 0 fully saturated rings. The largest absolute Gasteiger partial charge is 0.416 e. The first-order valence-corrected chi connectivity index (χ1v) is 7.29. The summed E-state index contributed by atoms with van der Waals surface area (Å²) in [4.78, 5) is 0. The van der Waals surface area contributed by atoms with Crippen molar-refractivity contribution in [2.45, 2.75) is 39.0 Å². The van der Waals surface area contributed by atoms with E-state index in [1.165, 1.54) is 32.1 Å². The van der Waals surface area contributed by atoms with Crippen molar-refractivity contribution in [1.82, 2.24) is 0 Å². The minimum Gasteiger partial charge on any atom is -0.166 e. The lowest BCUT2D eigenvalue weighted by molar-refractivity contribution is -0.138. The molecule has 130 valence electrons. The van der Waals surface area contributed by atoms with Crippen molar-refractivity contribution in [3.05, 3.63) is 69.8 Å². The molecule has 1 aliphatic rings. The summed E-state index contributed by atoms with van der Waals surface area (Å²) >= 11 is 0. The van der Waals surface area contributed by atoms with Crippen LogP contribution in [0.2, 0.25) is 0 Å². The average molecular weight is 346 g/mol. The molecule has 0 spiro atoms. The minimum atomic E-state index is -4.48. The molecule has 0 amide bonds. The lowest BCUT2D eigenvalue weighted by Crippen LogP contribution is -2.12. The van der Waals surface area contributed by atoms with Crippen LogP contribution in [0.25, 0.3) is 0 Å². The second kappa shape index (κ2) is 6.49. The Balaban J connectivity index is 2.37. The highest BCUT2D eigenvalue weighted by atomic mass is 19.4. The fourth-order valence-electron chi connectivity index (χ4n) is 2.61. The summed E-state index contributed by atoms with van der Waals surface area (Å²) in [5, 5.41) is 0. The Labute approximate surface area is 136 Å². The predicted octanol–water partition coefficient (Wildman–Crippen LogP) is 6.32. The summed E-state index contributed by atoms with van der Waals surface area (Å²) in [5.74, 6) is 0. The van der Waals surface area contributed by atoms with Gasteiger partial charge in [-0.05, 0) is 55.5 Å². The Morgan fingerprint density at radius 2 is 1.62 bits per heavy atom. The van der Waals surface area contributed by atoms with E-state index in [1.807, 2.05) is 0 Å². The van der Waals surface area contributed by atoms with E-state index in [-0.39, 0.29) is 24.0 Å². The van der Waals surface area contributed by atoms with Gasteiger partial charge in [0.1, 0.15) is 0 Å². The van der Waals surface area contributed by atoms with Crippen LogP contribution >= 0.6 is 0 Å². The van der Waals surface area contributed by atoms with Gasteiger partial charge in [-0.25, -0.2) is 0 Å². The lowest BCUT2D eigenvalue weighted by Gasteiger charge is -2.13. The number of hydrogen-bond donors (Lipinski definition) is 0. The van der Waals surface area contributed by atoms with Gasteiger partial charge in [-0.3, -0.25) is 0 Å². The second-order valence-corrected chi connectivity index (χ2v) is 5.84. The van der Waals surface area contributed by atoms with Crippen LogP contribution < -0.4 is 0 Å². The van der Waals surface area contributed by atoms with Crippen LogP contribution in [0.1, 0.15) is 30.0 Å². The number of rotatable bonds is 2. The molecule has 0 aromatic heterocycles. The lowest BCUT2D eigenvalue weighted by atomic mass is 9.98. The first-order valence-electron chi connectivity index (χ1n) is 7.29. The summed E-state index contributed by atoms with van der Waals surface area (Å²) in [7, 11) is 0. The molecule has 0 atom stereocenters. The molecule has 0 N–H and O–H groups in total. The maximum atomic E-state index is 13.1. The van der Waals surface area contributed by atoms with Crippen molar-refractivity contribution < 1.29 is 26.3 Å². The van der Waals surface area contributed by atoms with Gasteiger partial charge in [0.25, 0.3) is 0 Å². The Bertz CT molecular complexity index is 714. The minimum absolute atomic E-state index is 0.00667. The molecule has 0 bridgehead atoms. The zero-order chi connectivity index (χ0) is 18.1. The second-order valence-electron chi connectivity index (χ2n) is 5.84. The van der Waals surface area contributed by atoms with E-state index in [0.29, 0.717) is 11.1 Å². The highest BCUT2D eigenvalue weighted by Gasteiger charge is 2.34. The standard InChI is InChI=1S/C18H16F6/c1-11-4-3-5-13(9-15(11)17(19,20)21)8-14-7-6-12(2)16(10-14)18(22,23)24/h3,5-7,9-10H,4,8H2,1-2H3. The monoisotopic (exact) mass is 346 g/mol. The third-order valence-corrected chi connectivity index (χ3v) is 3.87. The summed E-state index contributed by atoms with van der Waals surface area (Å²) in [5.41, 5.74) is -0.565. The van der Waals surface area contributed by atoms with Gasteiger partial charge in [-0.2, -0.15) is 26.3 Å². The van der Waals surface area contributed by atoms with E-state index in [9.17, 15) is 26.3 Å². The van der Waals surface area contributed by atoms with Crippen LogP contribution in [0, 0.1) is 6.92 Å². The van der Waals surface area contributed by atoms with Crippen molar-refractivity contribution in [1.29, 1.82) is 0 Å². The fourth-order valence-corrected chi connectivity index (χ4v) is 2.61. The van der Waals surface area contributed by atoms with Gasteiger partial charge in [-0.1, -0.05) is 29.9 Å². The Morgan fingerprint density at radius 3 is 2.21 bits per heavy atom. The molecule has 0 radical (unpaired) electrons. The van der Waals surface area contributed by atoms with Gasteiger partial charge in [0, 0.05) is 0 Å². The maximum absolute atomic E-state index is 13.1. The van der Waals surface area contributed by atoms with Crippen LogP contribution in [0.5, 0.6) is 0 Å². The van der Waals surface area contributed by atoms with Crippen LogP contribution in [-0.2, 0) is 12.6 Å². The molecule has 0 saturated heterocycles. The first kappa shape index (κ1) is 18.4. The van der Waals surface area contributed by atoms with Crippen molar-refractivity contribution in [2.75, 3.05) is 0 Å². The molecule has 1 aromatic rings. The number of benzene rings is 1. The van der Waals surface area contributed by atoms with E-state index in [2.05, 4.69) is 0 Å². The normalized spacial score (nSPS) is 16.2. The molecule has 1 aliphatic carbocycles. The van der Waals surface area contributed by atoms with Gasteiger partial charge >= 0.3 is 12.4 Å². The molecule has 2 rings (SSSR count). The molecule has 0 heterocycles. The molecule has 0 nitrogen and oxygen atoms in total. The number of halogens is 6. The number of alkyl halides is 6. The third-order valence-electron chi connectivity index (χ3n) is 3.87. The summed E-state index contributed by atoms with van der Waals surface area (Å²) in [6.45, 7) is 2.76. The molecular formula is C18H16F6. The van der Waals surface area contributed by atoms with Crippen LogP contribution in [-0.4, -0.2) is 6.18 Å². The highest BCUT2D eigenvalue weighted by Crippen LogP contribution is 2.35. The molecule has 6 heteroatoms. The van der Waals surface area contributed by atoms with E-state index in [1.54, 1.807) is 6.08 Å². The molecule has 24 heavy (non-hydrogen) atoms. The smallest absolute Gasteiger partial charge is 0.166 e. The SMILES string of the molecule is CC1=C(C(F)(F)F)C=C(Cc2ccc(C)c(C(F)(F)F)c2)C=CC1. The molecule has 0 saturated carbocycles. The van der Waals surface area contributed by atoms with Crippen molar-refractivity contribution in [3.8, 4) is 0 Å². The van der Waals surface area contributed by atoms with Gasteiger partial charge in [0.15, 0.2) is 0 Å². The first-order chi connectivity index (χ1) is 11.0. The quantitative estimate of drug-likeness (QED) is 0.550. The molecule has 0 aliphatic heterocycles. The maximum Gasteiger partial charge on any atom is 0.416 e.